The first-order valence-electron chi connectivity index (χ1n) is 5.61. The van der Waals surface area contributed by atoms with Crippen LogP contribution in [0.25, 0.3) is 0 Å². The molecule has 2 rings (SSSR count). The van der Waals surface area contributed by atoms with E-state index in [1.54, 1.807) is 6.20 Å². The molecule has 17 heavy (non-hydrogen) atoms. The van der Waals surface area contributed by atoms with E-state index in [4.69, 9.17) is 9.90 Å². The van der Waals surface area contributed by atoms with E-state index in [0.717, 1.165) is 38.8 Å². The van der Waals surface area contributed by atoms with Gasteiger partial charge >= 0.3 is 0 Å². The summed E-state index contributed by atoms with van der Waals surface area (Å²) < 4.78 is 0. The Morgan fingerprint density at radius 2 is 1.71 bits per heavy atom. The predicted octanol–water partition coefficient (Wildman–Crippen LogP) is 0.660. The molecule has 0 unspecified atom stereocenters. The lowest BCUT2D eigenvalue weighted by molar-refractivity contribution is -0.134. The van der Waals surface area contributed by atoms with Crippen molar-refractivity contribution in [3.8, 4) is 0 Å². The number of carboxylic acids is 1. The summed E-state index contributed by atoms with van der Waals surface area (Å²) in [6.45, 7) is 7.61. The van der Waals surface area contributed by atoms with Crippen molar-refractivity contribution in [3.05, 3.63) is 30.1 Å². The minimum atomic E-state index is -0.833. The van der Waals surface area contributed by atoms with E-state index in [2.05, 4.69) is 15.6 Å². The number of nitrogens with one attached hydrogen (secondary N) is 2. The van der Waals surface area contributed by atoms with Gasteiger partial charge in [0, 0.05) is 45.0 Å². The summed E-state index contributed by atoms with van der Waals surface area (Å²) >= 11 is 0. The van der Waals surface area contributed by atoms with Gasteiger partial charge in [0.05, 0.1) is 0 Å². The third kappa shape index (κ3) is 14.5. The first-order valence-corrected chi connectivity index (χ1v) is 5.61. The van der Waals surface area contributed by atoms with Crippen LogP contribution in [0.5, 0.6) is 0 Å². The van der Waals surface area contributed by atoms with Crippen molar-refractivity contribution in [2.75, 3.05) is 26.2 Å². The molecule has 1 aromatic rings. The number of hydrogen-bond donors (Lipinski definition) is 3. The molecule has 1 aliphatic rings. The Morgan fingerprint density at radius 3 is 1.88 bits per heavy atom. The predicted molar refractivity (Wildman–Crippen MR) is 68.0 cm³/mol. The van der Waals surface area contributed by atoms with Gasteiger partial charge in [-0.3, -0.25) is 9.78 Å². The normalized spacial score (nSPS) is 13.5. The number of piperazine rings is 1. The standard InChI is InChI=1S/C6H7N.C4H10N2.C2H4O2/c1-6-4-2-3-5-7-6;1-2-6-4-3-5-1;1-2(3)4/h2-5H,1H3;5-6H,1-4H2;1H3,(H,3,4). The fraction of sp³-hybridized carbons (Fsp3) is 0.500. The highest BCUT2D eigenvalue weighted by molar-refractivity contribution is 5.62. The van der Waals surface area contributed by atoms with Crippen LogP contribution in [-0.4, -0.2) is 42.2 Å². The highest BCUT2D eigenvalue weighted by atomic mass is 16.4. The molecule has 1 aromatic heterocycles. The van der Waals surface area contributed by atoms with Gasteiger partial charge in [-0.15, -0.1) is 0 Å². The maximum Gasteiger partial charge on any atom is 0.300 e. The second-order valence-electron chi connectivity index (χ2n) is 3.49. The first kappa shape index (κ1) is 15.5. The van der Waals surface area contributed by atoms with E-state index in [9.17, 15) is 0 Å². The average molecular weight is 239 g/mol. The Kier molecular flexibility index (Phi) is 10.1. The van der Waals surface area contributed by atoms with Crippen molar-refractivity contribution >= 4 is 5.97 Å². The van der Waals surface area contributed by atoms with Gasteiger partial charge in [-0.2, -0.15) is 0 Å². The number of aromatic nitrogens is 1. The topological polar surface area (TPSA) is 74.2 Å². The van der Waals surface area contributed by atoms with Gasteiger partial charge < -0.3 is 15.7 Å². The zero-order chi connectivity index (χ0) is 12.9. The largest absolute Gasteiger partial charge is 0.481 e. The molecule has 3 N–H and O–H groups in total. The Morgan fingerprint density at radius 1 is 1.24 bits per heavy atom. The number of aryl methyl sites for hydroxylation is 1. The number of carbonyl (C=O) groups is 1. The Balaban J connectivity index is 0.000000236. The molecule has 1 fully saturated rings. The van der Waals surface area contributed by atoms with Crippen molar-refractivity contribution in [3.63, 3.8) is 0 Å². The molecule has 0 aliphatic carbocycles. The molecule has 0 radical (unpaired) electrons. The Hall–Kier alpha value is -1.46. The summed E-state index contributed by atoms with van der Waals surface area (Å²) in [5.41, 5.74) is 1.07. The second kappa shape index (κ2) is 11.0. The van der Waals surface area contributed by atoms with Crippen LogP contribution >= 0.6 is 0 Å². The van der Waals surface area contributed by atoms with Crippen molar-refractivity contribution in [2.24, 2.45) is 0 Å². The number of nitrogens with zero attached hydrogens (tertiary/aromatic N) is 1. The van der Waals surface area contributed by atoms with Crippen molar-refractivity contribution in [1.29, 1.82) is 0 Å². The molecule has 1 aliphatic heterocycles. The van der Waals surface area contributed by atoms with Gasteiger partial charge in [0.1, 0.15) is 0 Å². The lowest BCUT2D eigenvalue weighted by Crippen LogP contribution is -2.39. The van der Waals surface area contributed by atoms with Crippen molar-refractivity contribution in [2.45, 2.75) is 13.8 Å². The minimum absolute atomic E-state index is 0.833. The lowest BCUT2D eigenvalue weighted by atomic mass is 10.4. The fourth-order valence-corrected chi connectivity index (χ4v) is 1.05. The SMILES string of the molecule is C1CNCCN1.CC(=O)O.Cc1ccccn1. The van der Waals surface area contributed by atoms with Crippen LogP contribution in [0.1, 0.15) is 12.6 Å². The molecule has 5 heteroatoms. The zero-order valence-electron chi connectivity index (χ0n) is 10.4. The van der Waals surface area contributed by atoms with E-state index in [1.807, 2.05) is 25.1 Å². The summed E-state index contributed by atoms with van der Waals surface area (Å²) in [7, 11) is 0. The molecular formula is C12H21N3O2. The molecule has 0 spiro atoms. The highest BCUT2D eigenvalue weighted by Crippen LogP contribution is 1.86. The van der Waals surface area contributed by atoms with Crippen LogP contribution in [-0.2, 0) is 4.79 Å². The van der Waals surface area contributed by atoms with E-state index < -0.39 is 5.97 Å². The van der Waals surface area contributed by atoms with E-state index >= 15 is 0 Å². The van der Waals surface area contributed by atoms with E-state index in [-0.39, 0.29) is 0 Å². The quantitative estimate of drug-likeness (QED) is 0.620. The molecule has 0 aromatic carbocycles. The Labute approximate surface area is 102 Å². The molecule has 0 amide bonds. The third-order valence-electron chi connectivity index (χ3n) is 1.77. The number of aliphatic carboxylic acids is 1. The summed E-state index contributed by atoms with van der Waals surface area (Å²) in [6, 6.07) is 5.86. The molecule has 5 nitrogen and oxygen atoms in total. The van der Waals surface area contributed by atoms with Gasteiger partial charge in [0.25, 0.3) is 5.97 Å². The van der Waals surface area contributed by atoms with Crippen LogP contribution in [0.2, 0.25) is 0 Å². The molecule has 0 saturated carbocycles. The molecule has 1 saturated heterocycles. The molecule has 0 bridgehead atoms. The maximum absolute atomic E-state index is 9.00. The number of rotatable bonds is 0. The van der Waals surface area contributed by atoms with Crippen LogP contribution in [0.3, 0.4) is 0 Å². The molecule has 2 heterocycles. The summed E-state index contributed by atoms with van der Waals surface area (Å²) in [6.07, 6.45) is 1.79. The maximum atomic E-state index is 9.00. The summed E-state index contributed by atoms with van der Waals surface area (Å²) in [4.78, 5) is 13.0. The second-order valence-corrected chi connectivity index (χ2v) is 3.49. The van der Waals surface area contributed by atoms with Crippen LogP contribution in [0, 0.1) is 6.92 Å². The zero-order valence-corrected chi connectivity index (χ0v) is 10.4. The van der Waals surface area contributed by atoms with Gasteiger partial charge in [-0.25, -0.2) is 0 Å². The fourth-order valence-electron chi connectivity index (χ4n) is 1.05. The molecular weight excluding hydrogens is 218 g/mol. The number of carboxylic acid groups (broad SMARTS) is 1. The van der Waals surface area contributed by atoms with Crippen LogP contribution in [0.4, 0.5) is 0 Å². The van der Waals surface area contributed by atoms with Crippen molar-refractivity contribution in [1.82, 2.24) is 15.6 Å². The van der Waals surface area contributed by atoms with Crippen LogP contribution < -0.4 is 10.6 Å². The minimum Gasteiger partial charge on any atom is -0.481 e. The third-order valence-corrected chi connectivity index (χ3v) is 1.77. The van der Waals surface area contributed by atoms with E-state index in [0.29, 0.717) is 0 Å². The van der Waals surface area contributed by atoms with Gasteiger partial charge in [-0.05, 0) is 19.1 Å². The summed E-state index contributed by atoms with van der Waals surface area (Å²) in [5.74, 6) is -0.833. The Bertz CT molecular complexity index is 272. The smallest absolute Gasteiger partial charge is 0.300 e. The molecule has 96 valence electrons. The van der Waals surface area contributed by atoms with Gasteiger partial charge in [0.15, 0.2) is 0 Å². The van der Waals surface area contributed by atoms with Gasteiger partial charge in [0.2, 0.25) is 0 Å². The molecule has 0 atom stereocenters. The average Bonchev–Trinajstić information content (AvgIpc) is 2.32. The number of pyridine rings is 1. The highest BCUT2D eigenvalue weighted by Gasteiger charge is 1.91. The van der Waals surface area contributed by atoms with E-state index in [1.165, 1.54) is 0 Å². The lowest BCUT2D eigenvalue weighted by Gasteiger charge is -2.11. The summed E-state index contributed by atoms with van der Waals surface area (Å²) in [5, 5.41) is 13.9. The van der Waals surface area contributed by atoms with Gasteiger partial charge in [-0.1, -0.05) is 6.07 Å². The monoisotopic (exact) mass is 239 g/mol. The number of hydrogen-bond acceptors (Lipinski definition) is 4. The van der Waals surface area contributed by atoms with Crippen molar-refractivity contribution < 1.29 is 9.90 Å². The van der Waals surface area contributed by atoms with Crippen LogP contribution in [0.15, 0.2) is 24.4 Å². The first-order chi connectivity index (χ1) is 8.13.